The van der Waals surface area contributed by atoms with Gasteiger partial charge in [-0.2, -0.15) is 5.10 Å². The molecule has 1 atom stereocenters. The lowest BCUT2D eigenvalue weighted by Crippen LogP contribution is -2.32. The van der Waals surface area contributed by atoms with Crippen LogP contribution in [0.5, 0.6) is 5.75 Å². The highest BCUT2D eigenvalue weighted by molar-refractivity contribution is 5.76. The molecule has 1 aliphatic rings. The minimum atomic E-state index is 0.0437. The van der Waals surface area contributed by atoms with Gasteiger partial charge in [-0.15, -0.1) is 0 Å². The second kappa shape index (κ2) is 5.77. The summed E-state index contributed by atoms with van der Waals surface area (Å²) in [6.07, 6.45) is 4.81. The average molecular weight is 271 g/mol. The molecule has 20 heavy (non-hydrogen) atoms. The van der Waals surface area contributed by atoms with Gasteiger partial charge in [-0.3, -0.25) is 9.48 Å². The predicted molar refractivity (Wildman–Crippen MR) is 74.3 cm³/mol. The molecule has 1 unspecified atom stereocenters. The molecule has 104 valence electrons. The summed E-state index contributed by atoms with van der Waals surface area (Å²) in [5, 5.41) is 7.17. The number of hydrogen-bond donors (Lipinski definition) is 1. The third-order valence-corrected chi connectivity index (χ3v) is 3.42. The summed E-state index contributed by atoms with van der Waals surface area (Å²) in [7, 11) is 0. The first-order valence-corrected chi connectivity index (χ1v) is 6.81. The summed E-state index contributed by atoms with van der Waals surface area (Å²) in [6, 6.07) is 9.76. The summed E-state index contributed by atoms with van der Waals surface area (Å²) >= 11 is 0. The molecule has 5 heteroatoms. The first-order valence-electron chi connectivity index (χ1n) is 6.81. The van der Waals surface area contributed by atoms with Crippen molar-refractivity contribution in [3.63, 3.8) is 0 Å². The largest absolute Gasteiger partial charge is 0.493 e. The maximum absolute atomic E-state index is 12.0. The molecule has 0 fully saturated rings. The fourth-order valence-corrected chi connectivity index (χ4v) is 2.41. The highest BCUT2D eigenvalue weighted by Gasteiger charge is 2.22. The molecule has 1 aromatic carbocycles. The van der Waals surface area contributed by atoms with Gasteiger partial charge in [0.05, 0.1) is 12.6 Å². The maximum Gasteiger partial charge on any atom is 0.222 e. The molecule has 0 saturated heterocycles. The number of hydrogen-bond acceptors (Lipinski definition) is 3. The van der Waals surface area contributed by atoms with Crippen molar-refractivity contribution in [1.82, 2.24) is 15.1 Å². The van der Waals surface area contributed by atoms with E-state index >= 15 is 0 Å². The van der Waals surface area contributed by atoms with Gasteiger partial charge in [-0.05, 0) is 12.1 Å². The molecule has 0 aliphatic carbocycles. The lowest BCUT2D eigenvalue weighted by molar-refractivity contribution is -0.122. The summed E-state index contributed by atoms with van der Waals surface area (Å²) in [5.74, 6) is 0.915. The Labute approximate surface area is 117 Å². The lowest BCUT2D eigenvalue weighted by Gasteiger charge is -2.26. The van der Waals surface area contributed by atoms with Crippen molar-refractivity contribution in [3.8, 4) is 5.75 Å². The van der Waals surface area contributed by atoms with Crippen LogP contribution in [-0.4, -0.2) is 22.3 Å². The van der Waals surface area contributed by atoms with Gasteiger partial charge >= 0.3 is 0 Å². The number of para-hydroxylation sites is 1. The molecule has 1 amide bonds. The van der Waals surface area contributed by atoms with E-state index in [1.54, 1.807) is 10.9 Å². The minimum absolute atomic E-state index is 0.0437. The van der Waals surface area contributed by atoms with Crippen molar-refractivity contribution in [2.24, 2.45) is 0 Å². The topological polar surface area (TPSA) is 56.2 Å². The number of aromatic nitrogens is 2. The molecule has 1 N–H and O–H groups in total. The van der Waals surface area contributed by atoms with Crippen LogP contribution >= 0.6 is 0 Å². The Hall–Kier alpha value is -2.30. The molecular formula is C15H17N3O2. The summed E-state index contributed by atoms with van der Waals surface area (Å²) in [6.45, 7) is 1.24. The predicted octanol–water partition coefficient (Wildman–Crippen LogP) is 1.91. The van der Waals surface area contributed by atoms with Gasteiger partial charge in [0.1, 0.15) is 5.75 Å². The van der Waals surface area contributed by atoms with E-state index < -0.39 is 0 Å². The van der Waals surface area contributed by atoms with Gasteiger partial charge in [-0.25, -0.2) is 0 Å². The molecular weight excluding hydrogens is 254 g/mol. The van der Waals surface area contributed by atoms with Crippen molar-refractivity contribution < 1.29 is 9.53 Å². The molecule has 2 aromatic rings. The Bertz CT molecular complexity index is 581. The van der Waals surface area contributed by atoms with E-state index in [1.165, 1.54) is 0 Å². The molecule has 1 aliphatic heterocycles. The van der Waals surface area contributed by atoms with Crippen LogP contribution in [0.25, 0.3) is 0 Å². The third-order valence-electron chi connectivity index (χ3n) is 3.42. The number of aryl methyl sites for hydroxylation is 1. The van der Waals surface area contributed by atoms with Crippen molar-refractivity contribution in [1.29, 1.82) is 0 Å². The number of benzene rings is 1. The van der Waals surface area contributed by atoms with Crippen molar-refractivity contribution in [2.45, 2.75) is 25.4 Å². The van der Waals surface area contributed by atoms with Gasteiger partial charge < -0.3 is 10.1 Å². The molecule has 2 heterocycles. The Morgan fingerprint density at radius 3 is 3.15 bits per heavy atom. The highest BCUT2D eigenvalue weighted by atomic mass is 16.5. The molecule has 5 nitrogen and oxygen atoms in total. The lowest BCUT2D eigenvalue weighted by atomic mass is 10.0. The zero-order chi connectivity index (χ0) is 13.8. The molecule has 0 bridgehead atoms. The van der Waals surface area contributed by atoms with Crippen LogP contribution in [0.4, 0.5) is 0 Å². The standard InChI is InChI=1S/C15H17N3O2/c19-15(6-10-18-9-3-8-16-18)17-13-7-11-20-14-5-2-1-4-12(13)14/h1-5,8-9,13H,6-7,10-11H2,(H,17,19). The SMILES string of the molecule is O=C(CCn1cccn1)NC1CCOc2ccccc21. The molecule has 0 radical (unpaired) electrons. The quantitative estimate of drug-likeness (QED) is 0.924. The van der Waals surface area contributed by atoms with Crippen LogP contribution in [-0.2, 0) is 11.3 Å². The first kappa shape index (κ1) is 12.7. The number of carbonyl (C=O) groups is 1. The number of nitrogens with zero attached hydrogens (tertiary/aromatic N) is 2. The smallest absolute Gasteiger partial charge is 0.222 e. The van der Waals surface area contributed by atoms with E-state index in [0.29, 0.717) is 19.6 Å². The monoisotopic (exact) mass is 271 g/mol. The molecule has 3 rings (SSSR count). The van der Waals surface area contributed by atoms with Crippen LogP contribution < -0.4 is 10.1 Å². The van der Waals surface area contributed by atoms with E-state index in [0.717, 1.165) is 17.7 Å². The summed E-state index contributed by atoms with van der Waals surface area (Å²) < 4.78 is 7.35. The van der Waals surface area contributed by atoms with Crippen LogP contribution in [0.15, 0.2) is 42.7 Å². The number of fused-ring (bicyclic) bond motifs is 1. The van der Waals surface area contributed by atoms with E-state index in [9.17, 15) is 4.79 Å². The normalized spacial score (nSPS) is 17.1. The first-order chi connectivity index (χ1) is 9.83. The average Bonchev–Trinajstić information content (AvgIpc) is 2.99. The van der Waals surface area contributed by atoms with Crippen molar-refractivity contribution in [3.05, 3.63) is 48.3 Å². The number of carbonyl (C=O) groups excluding carboxylic acids is 1. The van der Waals surface area contributed by atoms with E-state index in [-0.39, 0.29) is 11.9 Å². The number of ether oxygens (including phenoxy) is 1. The Morgan fingerprint density at radius 2 is 2.30 bits per heavy atom. The number of amides is 1. The zero-order valence-corrected chi connectivity index (χ0v) is 11.2. The van der Waals surface area contributed by atoms with Crippen molar-refractivity contribution in [2.75, 3.05) is 6.61 Å². The third kappa shape index (κ3) is 2.82. The molecule has 0 spiro atoms. The fraction of sp³-hybridized carbons (Fsp3) is 0.333. The van der Waals surface area contributed by atoms with E-state index in [1.807, 2.05) is 36.5 Å². The summed E-state index contributed by atoms with van der Waals surface area (Å²) in [5.41, 5.74) is 1.06. The second-order valence-corrected chi connectivity index (χ2v) is 4.81. The highest BCUT2D eigenvalue weighted by Crippen LogP contribution is 2.31. The van der Waals surface area contributed by atoms with E-state index in [2.05, 4.69) is 10.4 Å². The minimum Gasteiger partial charge on any atom is -0.493 e. The number of rotatable bonds is 4. The number of nitrogens with one attached hydrogen (secondary N) is 1. The van der Waals surface area contributed by atoms with Gasteiger partial charge in [0.2, 0.25) is 5.91 Å². The maximum atomic E-state index is 12.0. The van der Waals surface area contributed by atoms with Crippen LogP contribution in [0.2, 0.25) is 0 Å². The van der Waals surface area contributed by atoms with Gasteiger partial charge in [0, 0.05) is 37.3 Å². The van der Waals surface area contributed by atoms with Crippen molar-refractivity contribution >= 4 is 5.91 Å². The second-order valence-electron chi connectivity index (χ2n) is 4.81. The Balaban J connectivity index is 1.59. The zero-order valence-electron chi connectivity index (χ0n) is 11.2. The van der Waals surface area contributed by atoms with Gasteiger partial charge in [-0.1, -0.05) is 18.2 Å². The van der Waals surface area contributed by atoms with Crippen LogP contribution in [0, 0.1) is 0 Å². The van der Waals surface area contributed by atoms with Gasteiger partial charge in [0.25, 0.3) is 0 Å². The van der Waals surface area contributed by atoms with Crippen LogP contribution in [0.3, 0.4) is 0 Å². The Morgan fingerprint density at radius 1 is 1.40 bits per heavy atom. The fourth-order valence-electron chi connectivity index (χ4n) is 2.41. The van der Waals surface area contributed by atoms with Crippen LogP contribution in [0.1, 0.15) is 24.4 Å². The summed E-state index contributed by atoms with van der Waals surface area (Å²) in [4.78, 5) is 12.0. The Kier molecular flexibility index (Phi) is 3.67. The molecule has 1 aromatic heterocycles. The van der Waals surface area contributed by atoms with Gasteiger partial charge in [0.15, 0.2) is 0 Å². The molecule has 0 saturated carbocycles. The van der Waals surface area contributed by atoms with E-state index in [4.69, 9.17) is 4.74 Å².